The van der Waals surface area contributed by atoms with Crippen LogP contribution in [0, 0.1) is 5.92 Å². The summed E-state index contributed by atoms with van der Waals surface area (Å²) in [5, 5.41) is 3.25. The molecule has 0 bridgehead atoms. The molecule has 0 aromatic carbocycles. The van der Waals surface area contributed by atoms with Crippen molar-refractivity contribution in [3.05, 3.63) is 0 Å². The molecule has 1 amide bonds. The first-order valence-corrected chi connectivity index (χ1v) is 7.06. The summed E-state index contributed by atoms with van der Waals surface area (Å²) in [6.07, 6.45) is 4.90. The molecule has 1 rings (SSSR count). The van der Waals surface area contributed by atoms with E-state index in [1.54, 1.807) is 11.8 Å². The van der Waals surface area contributed by atoms with Gasteiger partial charge in [-0.3, -0.25) is 4.79 Å². The normalized spacial score (nSPS) is 19.5. The first-order chi connectivity index (χ1) is 7.09. The van der Waals surface area contributed by atoms with Gasteiger partial charge in [0, 0.05) is 6.04 Å². The lowest BCUT2D eigenvalue weighted by Gasteiger charge is -2.17. The maximum atomic E-state index is 11.8. The fourth-order valence-corrected chi connectivity index (χ4v) is 2.69. The average molecular weight is 229 g/mol. The van der Waals surface area contributed by atoms with Crippen LogP contribution in [-0.4, -0.2) is 23.0 Å². The van der Waals surface area contributed by atoms with Gasteiger partial charge in [0.15, 0.2) is 0 Å². The van der Waals surface area contributed by atoms with E-state index in [4.69, 9.17) is 0 Å². The summed E-state index contributed by atoms with van der Waals surface area (Å²) >= 11 is 1.76. The Morgan fingerprint density at radius 2 is 1.93 bits per heavy atom. The maximum absolute atomic E-state index is 11.8. The van der Waals surface area contributed by atoms with Crippen molar-refractivity contribution in [2.75, 3.05) is 5.75 Å². The molecule has 0 heterocycles. The Morgan fingerprint density at radius 3 is 2.47 bits per heavy atom. The molecule has 1 fully saturated rings. The first kappa shape index (κ1) is 12.9. The van der Waals surface area contributed by atoms with E-state index >= 15 is 0 Å². The highest BCUT2D eigenvalue weighted by molar-refractivity contribution is 8.00. The van der Waals surface area contributed by atoms with Crippen LogP contribution in [0.15, 0.2) is 0 Å². The predicted octanol–water partition coefficient (Wildman–Crippen LogP) is 2.82. The van der Waals surface area contributed by atoms with Gasteiger partial charge in [0.25, 0.3) is 0 Å². The van der Waals surface area contributed by atoms with E-state index in [9.17, 15) is 4.79 Å². The second kappa shape index (κ2) is 6.41. The number of amides is 1. The molecule has 0 spiro atoms. The number of thioether (sulfide) groups is 1. The summed E-state index contributed by atoms with van der Waals surface area (Å²) < 4.78 is 0. The maximum Gasteiger partial charge on any atom is 0.233 e. The highest BCUT2D eigenvalue weighted by Crippen LogP contribution is 2.19. The van der Waals surface area contributed by atoms with Crippen molar-refractivity contribution < 1.29 is 4.79 Å². The monoisotopic (exact) mass is 229 g/mol. The van der Waals surface area contributed by atoms with Crippen LogP contribution in [-0.2, 0) is 4.79 Å². The molecule has 0 aliphatic heterocycles. The number of rotatable bonds is 5. The minimum absolute atomic E-state index is 0.105. The van der Waals surface area contributed by atoms with Crippen LogP contribution in [0.2, 0.25) is 0 Å². The smallest absolute Gasteiger partial charge is 0.233 e. The second-order valence-electron chi connectivity index (χ2n) is 4.86. The van der Waals surface area contributed by atoms with Gasteiger partial charge < -0.3 is 5.32 Å². The van der Waals surface area contributed by atoms with Crippen LogP contribution in [0.4, 0.5) is 0 Å². The molecular weight excluding hydrogens is 206 g/mol. The Bertz CT molecular complexity index is 200. The van der Waals surface area contributed by atoms with Gasteiger partial charge in [0.1, 0.15) is 0 Å². The molecule has 1 N–H and O–H groups in total. The van der Waals surface area contributed by atoms with Gasteiger partial charge in [-0.1, -0.05) is 26.7 Å². The lowest BCUT2D eigenvalue weighted by molar-refractivity contribution is -0.120. The number of carbonyl (C=O) groups is 1. The number of hydrogen-bond acceptors (Lipinski definition) is 2. The van der Waals surface area contributed by atoms with E-state index in [-0.39, 0.29) is 11.2 Å². The Labute approximate surface area is 97.6 Å². The van der Waals surface area contributed by atoms with Crippen LogP contribution >= 0.6 is 11.8 Å². The van der Waals surface area contributed by atoms with Crippen molar-refractivity contribution in [3.8, 4) is 0 Å². The standard InChI is InChI=1S/C12H23NOS/c1-9(2)8-15-10(3)12(14)13-11-6-4-5-7-11/h9-11H,4-8H2,1-3H3,(H,13,14). The molecule has 1 atom stereocenters. The van der Waals surface area contributed by atoms with Gasteiger partial charge in [-0.25, -0.2) is 0 Å². The van der Waals surface area contributed by atoms with Crippen LogP contribution in [0.1, 0.15) is 46.5 Å². The second-order valence-corrected chi connectivity index (χ2v) is 6.23. The Kier molecular flexibility index (Phi) is 5.51. The van der Waals surface area contributed by atoms with Gasteiger partial charge in [-0.2, -0.15) is 0 Å². The van der Waals surface area contributed by atoms with Crippen molar-refractivity contribution >= 4 is 17.7 Å². The van der Waals surface area contributed by atoms with E-state index in [1.807, 2.05) is 6.92 Å². The van der Waals surface area contributed by atoms with E-state index in [0.29, 0.717) is 12.0 Å². The molecule has 88 valence electrons. The van der Waals surface area contributed by atoms with Crippen molar-refractivity contribution in [1.29, 1.82) is 0 Å². The Balaban J connectivity index is 2.20. The van der Waals surface area contributed by atoms with Crippen molar-refractivity contribution in [2.24, 2.45) is 5.92 Å². The van der Waals surface area contributed by atoms with Crippen molar-refractivity contribution in [3.63, 3.8) is 0 Å². The third-order valence-corrected chi connectivity index (χ3v) is 4.32. The molecule has 1 unspecified atom stereocenters. The minimum Gasteiger partial charge on any atom is -0.352 e. The molecule has 0 aromatic heterocycles. The summed E-state index contributed by atoms with van der Waals surface area (Å²) in [5.74, 6) is 1.96. The molecule has 1 aliphatic rings. The van der Waals surface area contributed by atoms with Gasteiger partial charge in [-0.05, 0) is 31.4 Å². The topological polar surface area (TPSA) is 29.1 Å². The zero-order chi connectivity index (χ0) is 11.3. The van der Waals surface area contributed by atoms with E-state index in [1.165, 1.54) is 25.7 Å². The Hall–Kier alpha value is -0.180. The Morgan fingerprint density at radius 1 is 1.33 bits per heavy atom. The summed E-state index contributed by atoms with van der Waals surface area (Å²) in [7, 11) is 0. The SMILES string of the molecule is CC(C)CSC(C)C(=O)NC1CCCC1. The number of nitrogens with one attached hydrogen (secondary N) is 1. The molecule has 1 saturated carbocycles. The van der Waals surface area contributed by atoms with E-state index in [2.05, 4.69) is 19.2 Å². The summed E-state index contributed by atoms with van der Waals surface area (Å²) in [6, 6.07) is 0.458. The third-order valence-electron chi connectivity index (χ3n) is 2.75. The van der Waals surface area contributed by atoms with Gasteiger partial charge >= 0.3 is 0 Å². The lowest BCUT2D eigenvalue weighted by atomic mass is 10.2. The molecule has 1 aliphatic carbocycles. The highest BCUT2D eigenvalue weighted by atomic mass is 32.2. The zero-order valence-electron chi connectivity index (χ0n) is 10.1. The molecule has 15 heavy (non-hydrogen) atoms. The number of hydrogen-bond donors (Lipinski definition) is 1. The summed E-state index contributed by atoms with van der Waals surface area (Å²) in [6.45, 7) is 6.39. The van der Waals surface area contributed by atoms with Crippen LogP contribution in [0.25, 0.3) is 0 Å². The molecule has 2 nitrogen and oxygen atoms in total. The van der Waals surface area contributed by atoms with Crippen molar-refractivity contribution in [1.82, 2.24) is 5.32 Å². The average Bonchev–Trinajstić information content (AvgIpc) is 2.66. The highest BCUT2D eigenvalue weighted by Gasteiger charge is 2.20. The summed E-state index contributed by atoms with van der Waals surface area (Å²) in [4.78, 5) is 11.8. The van der Waals surface area contributed by atoms with Gasteiger partial charge in [-0.15, -0.1) is 11.8 Å². The number of carbonyl (C=O) groups excluding carboxylic acids is 1. The lowest BCUT2D eigenvalue weighted by Crippen LogP contribution is -2.37. The van der Waals surface area contributed by atoms with Crippen molar-refractivity contribution in [2.45, 2.75) is 57.7 Å². The largest absolute Gasteiger partial charge is 0.352 e. The third kappa shape index (κ3) is 4.92. The molecular formula is C12H23NOS. The van der Waals surface area contributed by atoms with Gasteiger partial charge in [0.2, 0.25) is 5.91 Å². The van der Waals surface area contributed by atoms with Crippen LogP contribution < -0.4 is 5.32 Å². The molecule has 3 heteroatoms. The molecule has 0 saturated heterocycles. The minimum atomic E-state index is 0.105. The van der Waals surface area contributed by atoms with Crippen LogP contribution in [0.5, 0.6) is 0 Å². The fourth-order valence-electron chi connectivity index (χ4n) is 1.80. The molecule has 0 radical (unpaired) electrons. The van der Waals surface area contributed by atoms with Gasteiger partial charge in [0.05, 0.1) is 5.25 Å². The van der Waals surface area contributed by atoms with E-state index < -0.39 is 0 Å². The quantitative estimate of drug-likeness (QED) is 0.785. The first-order valence-electron chi connectivity index (χ1n) is 6.01. The predicted molar refractivity (Wildman–Crippen MR) is 67.2 cm³/mol. The van der Waals surface area contributed by atoms with E-state index in [0.717, 1.165) is 5.75 Å². The van der Waals surface area contributed by atoms with Crippen LogP contribution in [0.3, 0.4) is 0 Å². The summed E-state index contributed by atoms with van der Waals surface area (Å²) in [5.41, 5.74) is 0. The zero-order valence-corrected chi connectivity index (χ0v) is 10.9. The molecule has 0 aromatic rings. The fraction of sp³-hybridized carbons (Fsp3) is 0.917.